The van der Waals surface area contributed by atoms with E-state index in [0.717, 1.165) is 47.3 Å². The van der Waals surface area contributed by atoms with Gasteiger partial charge in [0.25, 0.3) is 0 Å². The van der Waals surface area contributed by atoms with Crippen molar-refractivity contribution in [2.45, 2.75) is 25.0 Å². The van der Waals surface area contributed by atoms with Gasteiger partial charge in [-0.15, -0.1) is 0 Å². The zero-order valence-electron chi connectivity index (χ0n) is 16.9. The summed E-state index contributed by atoms with van der Waals surface area (Å²) in [5.41, 5.74) is 2.16. The van der Waals surface area contributed by atoms with Crippen molar-refractivity contribution in [3.63, 3.8) is 0 Å². The summed E-state index contributed by atoms with van der Waals surface area (Å²) < 4.78 is 17.8. The fraction of sp³-hybridized carbons (Fsp3) is 0.333. The summed E-state index contributed by atoms with van der Waals surface area (Å²) in [6.07, 6.45) is 1.03. The lowest BCUT2D eigenvalue weighted by molar-refractivity contribution is 0.00983. The fourth-order valence-corrected chi connectivity index (χ4v) is 4.19. The Morgan fingerprint density at radius 3 is 2.48 bits per heavy atom. The predicted octanol–water partition coefficient (Wildman–Crippen LogP) is 4.22. The smallest absolute Gasteiger partial charge is 0.132 e. The molecule has 0 aromatic heterocycles. The highest BCUT2D eigenvalue weighted by Gasteiger charge is 2.27. The number of nitrogens with one attached hydrogen (secondary N) is 1. The minimum Gasteiger partial charge on any atom is -0.508 e. The Morgan fingerprint density at radius 2 is 1.76 bits per heavy atom. The maximum absolute atomic E-state index is 9.60. The third kappa shape index (κ3) is 4.02. The summed E-state index contributed by atoms with van der Waals surface area (Å²) in [5.74, 6) is 2.21. The molecule has 3 aromatic carbocycles. The maximum atomic E-state index is 9.60. The van der Waals surface area contributed by atoms with Crippen LogP contribution in [0.25, 0.3) is 10.8 Å². The van der Waals surface area contributed by atoms with Crippen LogP contribution in [0.3, 0.4) is 0 Å². The highest BCUT2D eigenvalue weighted by molar-refractivity contribution is 5.94. The molecule has 5 nitrogen and oxygen atoms in total. The second kappa shape index (κ2) is 8.72. The van der Waals surface area contributed by atoms with Crippen LogP contribution < -0.4 is 14.8 Å². The number of phenolic OH excluding ortho intramolecular Hbond substituents is 1. The summed E-state index contributed by atoms with van der Waals surface area (Å²) >= 11 is 0. The molecule has 4 rings (SSSR count). The van der Waals surface area contributed by atoms with Crippen LogP contribution in [-0.2, 0) is 11.3 Å². The van der Waals surface area contributed by atoms with Crippen molar-refractivity contribution in [3.05, 3.63) is 65.7 Å². The maximum Gasteiger partial charge on any atom is 0.132 e. The van der Waals surface area contributed by atoms with Crippen LogP contribution in [0.4, 0.5) is 0 Å². The van der Waals surface area contributed by atoms with Crippen LogP contribution in [0, 0.1) is 0 Å². The number of ether oxygens (including phenoxy) is 3. The van der Waals surface area contributed by atoms with Crippen molar-refractivity contribution in [3.8, 4) is 17.2 Å². The first-order chi connectivity index (χ1) is 14.2. The largest absolute Gasteiger partial charge is 0.508 e. The minimum absolute atomic E-state index is 0.0375. The Labute approximate surface area is 171 Å². The highest BCUT2D eigenvalue weighted by Crippen LogP contribution is 2.38. The van der Waals surface area contributed by atoms with E-state index in [-0.39, 0.29) is 17.8 Å². The van der Waals surface area contributed by atoms with Gasteiger partial charge >= 0.3 is 0 Å². The molecule has 3 aromatic rings. The number of methoxy groups -OCH3 is 2. The first-order valence-electron chi connectivity index (χ1n) is 9.95. The Kier molecular flexibility index (Phi) is 5.88. The van der Waals surface area contributed by atoms with E-state index in [2.05, 4.69) is 5.32 Å². The Morgan fingerprint density at radius 1 is 1.00 bits per heavy atom. The number of phenols is 1. The molecule has 2 N–H and O–H groups in total. The lowest BCUT2D eigenvalue weighted by Crippen LogP contribution is -2.40. The average molecular weight is 393 g/mol. The summed E-state index contributed by atoms with van der Waals surface area (Å²) in [7, 11) is 3.38. The molecule has 152 valence electrons. The van der Waals surface area contributed by atoms with E-state index in [1.807, 2.05) is 42.5 Å². The van der Waals surface area contributed by atoms with Crippen LogP contribution >= 0.6 is 0 Å². The third-order valence-corrected chi connectivity index (χ3v) is 5.66. The van der Waals surface area contributed by atoms with Gasteiger partial charge in [-0.05, 0) is 36.7 Å². The lowest BCUT2D eigenvalue weighted by Gasteiger charge is -2.32. The summed E-state index contributed by atoms with van der Waals surface area (Å²) in [4.78, 5) is 0. The van der Waals surface area contributed by atoms with Gasteiger partial charge in [0.15, 0.2) is 0 Å². The molecule has 0 bridgehead atoms. The van der Waals surface area contributed by atoms with E-state index in [4.69, 9.17) is 14.2 Å². The van der Waals surface area contributed by atoms with Gasteiger partial charge in [0.05, 0.1) is 26.9 Å². The molecule has 0 aliphatic carbocycles. The van der Waals surface area contributed by atoms with Crippen molar-refractivity contribution in [1.82, 2.24) is 5.32 Å². The van der Waals surface area contributed by atoms with Gasteiger partial charge in [0, 0.05) is 28.8 Å². The van der Waals surface area contributed by atoms with Gasteiger partial charge < -0.3 is 24.6 Å². The molecule has 5 heteroatoms. The van der Waals surface area contributed by atoms with E-state index in [9.17, 15) is 5.11 Å². The normalized spacial score (nSPS) is 19.2. The molecule has 1 heterocycles. The van der Waals surface area contributed by atoms with Crippen molar-refractivity contribution in [1.29, 1.82) is 0 Å². The number of piperidine rings is 1. The molecule has 1 aliphatic rings. The zero-order valence-corrected chi connectivity index (χ0v) is 16.9. The van der Waals surface area contributed by atoms with E-state index in [1.54, 1.807) is 26.4 Å². The molecule has 0 saturated carbocycles. The molecule has 1 saturated heterocycles. The van der Waals surface area contributed by atoms with Gasteiger partial charge in [-0.2, -0.15) is 0 Å². The molecule has 1 fully saturated rings. The molecule has 1 aliphatic heterocycles. The van der Waals surface area contributed by atoms with Crippen molar-refractivity contribution in [2.24, 2.45) is 0 Å². The van der Waals surface area contributed by atoms with E-state index < -0.39 is 0 Å². The number of hydrogen-bond donors (Lipinski definition) is 2. The predicted molar refractivity (Wildman–Crippen MR) is 114 cm³/mol. The number of rotatable bonds is 6. The molecule has 0 radical (unpaired) electrons. The number of hydrogen-bond acceptors (Lipinski definition) is 5. The summed E-state index contributed by atoms with van der Waals surface area (Å²) in [6.45, 7) is 2.18. The second-order valence-electron chi connectivity index (χ2n) is 7.36. The number of fused-ring (bicyclic) bond motifs is 1. The monoisotopic (exact) mass is 393 g/mol. The van der Waals surface area contributed by atoms with Crippen LogP contribution in [0.5, 0.6) is 17.2 Å². The minimum atomic E-state index is 0.0375. The van der Waals surface area contributed by atoms with E-state index >= 15 is 0 Å². The van der Waals surface area contributed by atoms with Crippen molar-refractivity contribution < 1.29 is 19.3 Å². The number of aromatic hydroxyl groups is 1. The second-order valence-corrected chi connectivity index (χ2v) is 7.36. The standard InChI is InChI=1S/C24H27NO4/c1-27-22-13-17(24(28-2)21-6-4-3-5-20(21)22)15-29-23-14-25-12-11-19(23)16-7-9-18(26)10-8-16/h3-10,13,19,23,25-26H,11-12,14-15H2,1-2H3. The first-order valence-corrected chi connectivity index (χ1v) is 9.95. The number of benzene rings is 3. The van der Waals surface area contributed by atoms with Gasteiger partial charge in [-0.1, -0.05) is 36.4 Å². The molecule has 0 spiro atoms. The topological polar surface area (TPSA) is 60.0 Å². The zero-order chi connectivity index (χ0) is 20.2. The van der Waals surface area contributed by atoms with Crippen LogP contribution in [0.15, 0.2) is 54.6 Å². The SMILES string of the molecule is COc1cc(COC2CNCCC2c2ccc(O)cc2)c(OC)c2ccccc12. The molecule has 0 amide bonds. The molecule has 29 heavy (non-hydrogen) atoms. The fourth-order valence-electron chi connectivity index (χ4n) is 4.19. The Bertz CT molecular complexity index is 971. The Hall–Kier alpha value is -2.76. The van der Waals surface area contributed by atoms with Gasteiger partial charge in [-0.25, -0.2) is 0 Å². The van der Waals surface area contributed by atoms with Crippen molar-refractivity contribution in [2.75, 3.05) is 27.3 Å². The third-order valence-electron chi connectivity index (χ3n) is 5.66. The van der Waals surface area contributed by atoms with Gasteiger partial charge in [0.1, 0.15) is 17.2 Å². The molecular weight excluding hydrogens is 366 g/mol. The van der Waals surface area contributed by atoms with Crippen LogP contribution in [0.1, 0.15) is 23.5 Å². The van der Waals surface area contributed by atoms with Gasteiger partial charge in [0.2, 0.25) is 0 Å². The van der Waals surface area contributed by atoms with Gasteiger partial charge in [-0.3, -0.25) is 0 Å². The summed E-state index contributed by atoms with van der Waals surface area (Å²) in [5, 5.41) is 15.1. The molecule has 2 atom stereocenters. The molecular formula is C24H27NO4. The summed E-state index contributed by atoms with van der Waals surface area (Å²) in [6, 6.07) is 17.5. The quantitative estimate of drug-likeness (QED) is 0.656. The first kappa shape index (κ1) is 19.6. The lowest BCUT2D eigenvalue weighted by atomic mass is 9.87. The van der Waals surface area contributed by atoms with Crippen LogP contribution in [0.2, 0.25) is 0 Å². The van der Waals surface area contributed by atoms with Crippen molar-refractivity contribution >= 4 is 10.8 Å². The molecule has 2 unspecified atom stereocenters. The highest BCUT2D eigenvalue weighted by atomic mass is 16.5. The average Bonchev–Trinajstić information content (AvgIpc) is 2.77. The Balaban J connectivity index is 1.60. The van der Waals surface area contributed by atoms with E-state index in [0.29, 0.717) is 6.61 Å². The van der Waals surface area contributed by atoms with Crippen LogP contribution in [-0.4, -0.2) is 38.5 Å². The van der Waals surface area contributed by atoms with E-state index in [1.165, 1.54) is 5.56 Å².